The summed E-state index contributed by atoms with van der Waals surface area (Å²) in [6, 6.07) is -0.188. The van der Waals surface area contributed by atoms with Crippen molar-refractivity contribution in [3.8, 4) is 0 Å². The van der Waals surface area contributed by atoms with E-state index in [1.54, 1.807) is 6.92 Å². The molecule has 4 N–H and O–H groups in total. The standard InChI is InChI=1S/C10H19N3O2/c1-7(5-8(11)14)13-9(15)10(2)3-4-12-6-10/h7,12H,3-6H2,1-2H3,(H2,11,14)(H,13,15). The topological polar surface area (TPSA) is 84.2 Å². The highest BCUT2D eigenvalue weighted by Gasteiger charge is 2.36. The molecule has 1 saturated heterocycles. The van der Waals surface area contributed by atoms with Gasteiger partial charge in [-0.1, -0.05) is 0 Å². The van der Waals surface area contributed by atoms with E-state index in [4.69, 9.17) is 5.73 Å². The van der Waals surface area contributed by atoms with Gasteiger partial charge in [-0.15, -0.1) is 0 Å². The van der Waals surface area contributed by atoms with Crippen LogP contribution in [-0.4, -0.2) is 30.9 Å². The summed E-state index contributed by atoms with van der Waals surface area (Å²) in [4.78, 5) is 22.5. The van der Waals surface area contributed by atoms with Gasteiger partial charge in [0, 0.05) is 19.0 Å². The molecule has 0 radical (unpaired) electrons. The molecule has 5 heteroatoms. The summed E-state index contributed by atoms with van der Waals surface area (Å²) in [5.41, 5.74) is 4.71. The Morgan fingerprint density at radius 2 is 2.27 bits per heavy atom. The van der Waals surface area contributed by atoms with Gasteiger partial charge in [-0.2, -0.15) is 0 Å². The van der Waals surface area contributed by atoms with E-state index in [1.807, 2.05) is 6.92 Å². The van der Waals surface area contributed by atoms with Gasteiger partial charge in [0.05, 0.1) is 5.41 Å². The molecule has 0 spiro atoms. The minimum Gasteiger partial charge on any atom is -0.370 e. The average molecular weight is 213 g/mol. The zero-order valence-electron chi connectivity index (χ0n) is 9.30. The lowest BCUT2D eigenvalue weighted by molar-refractivity contribution is -0.130. The van der Waals surface area contributed by atoms with Crippen LogP contribution in [0.3, 0.4) is 0 Å². The van der Waals surface area contributed by atoms with Crippen molar-refractivity contribution >= 4 is 11.8 Å². The van der Waals surface area contributed by atoms with Gasteiger partial charge in [0.2, 0.25) is 11.8 Å². The summed E-state index contributed by atoms with van der Waals surface area (Å²) in [6.07, 6.45) is 1.03. The third-order valence-corrected chi connectivity index (χ3v) is 2.80. The number of carbonyl (C=O) groups is 2. The molecule has 2 amide bonds. The zero-order valence-corrected chi connectivity index (χ0v) is 9.30. The van der Waals surface area contributed by atoms with Crippen molar-refractivity contribution in [3.05, 3.63) is 0 Å². The van der Waals surface area contributed by atoms with Crippen LogP contribution in [0.5, 0.6) is 0 Å². The number of nitrogens with two attached hydrogens (primary N) is 1. The number of nitrogens with one attached hydrogen (secondary N) is 2. The smallest absolute Gasteiger partial charge is 0.227 e. The van der Waals surface area contributed by atoms with Crippen molar-refractivity contribution in [2.75, 3.05) is 13.1 Å². The minimum absolute atomic E-state index is 0.00116. The van der Waals surface area contributed by atoms with Crippen LogP contribution in [0.15, 0.2) is 0 Å². The summed E-state index contributed by atoms with van der Waals surface area (Å²) in [5.74, 6) is -0.390. The van der Waals surface area contributed by atoms with E-state index in [0.717, 1.165) is 13.0 Å². The van der Waals surface area contributed by atoms with Crippen molar-refractivity contribution in [3.63, 3.8) is 0 Å². The molecule has 86 valence electrons. The van der Waals surface area contributed by atoms with Gasteiger partial charge in [0.25, 0.3) is 0 Å². The molecule has 1 aliphatic heterocycles. The van der Waals surface area contributed by atoms with Crippen molar-refractivity contribution in [2.24, 2.45) is 11.1 Å². The number of carbonyl (C=O) groups excluding carboxylic acids is 2. The van der Waals surface area contributed by atoms with E-state index in [0.29, 0.717) is 6.54 Å². The first-order chi connectivity index (χ1) is 6.94. The Kier molecular flexibility index (Phi) is 3.68. The summed E-state index contributed by atoms with van der Waals surface area (Å²) >= 11 is 0. The summed E-state index contributed by atoms with van der Waals surface area (Å²) in [5, 5.41) is 5.97. The molecular formula is C10H19N3O2. The largest absolute Gasteiger partial charge is 0.370 e. The van der Waals surface area contributed by atoms with Crippen LogP contribution >= 0.6 is 0 Å². The average Bonchev–Trinajstić information content (AvgIpc) is 2.51. The van der Waals surface area contributed by atoms with Crippen LogP contribution in [0.4, 0.5) is 0 Å². The first-order valence-corrected chi connectivity index (χ1v) is 5.24. The van der Waals surface area contributed by atoms with Crippen LogP contribution in [0.1, 0.15) is 26.7 Å². The van der Waals surface area contributed by atoms with Crippen LogP contribution in [0.25, 0.3) is 0 Å². The fourth-order valence-corrected chi connectivity index (χ4v) is 1.76. The Hall–Kier alpha value is -1.10. The van der Waals surface area contributed by atoms with Gasteiger partial charge in [-0.3, -0.25) is 9.59 Å². The third kappa shape index (κ3) is 3.20. The molecule has 0 bridgehead atoms. The Morgan fingerprint density at radius 1 is 1.60 bits per heavy atom. The van der Waals surface area contributed by atoms with Crippen LogP contribution in [0.2, 0.25) is 0 Å². The Bertz CT molecular complexity index is 259. The normalized spacial score (nSPS) is 27.3. The molecule has 0 aliphatic carbocycles. The number of primary amides is 1. The zero-order chi connectivity index (χ0) is 11.5. The van der Waals surface area contributed by atoms with Crippen molar-refractivity contribution in [1.29, 1.82) is 0 Å². The SMILES string of the molecule is CC(CC(N)=O)NC(=O)C1(C)CCNC1. The molecule has 1 aliphatic rings. The number of amides is 2. The van der Waals surface area contributed by atoms with Gasteiger partial charge < -0.3 is 16.4 Å². The Balaban J connectivity index is 2.44. The quantitative estimate of drug-likeness (QED) is 0.581. The molecule has 0 aromatic rings. The van der Waals surface area contributed by atoms with Gasteiger partial charge in [-0.05, 0) is 26.8 Å². The molecule has 2 unspecified atom stereocenters. The lowest BCUT2D eigenvalue weighted by Crippen LogP contribution is -2.45. The molecule has 2 atom stereocenters. The molecule has 0 aromatic carbocycles. The van der Waals surface area contributed by atoms with E-state index < -0.39 is 5.91 Å². The van der Waals surface area contributed by atoms with Crippen LogP contribution < -0.4 is 16.4 Å². The molecule has 0 saturated carbocycles. The van der Waals surface area contributed by atoms with E-state index in [1.165, 1.54) is 0 Å². The number of rotatable bonds is 4. The lowest BCUT2D eigenvalue weighted by atomic mass is 9.88. The second-order valence-corrected chi connectivity index (χ2v) is 4.53. The molecule has 1 rings (SSSR count). The van der Waals surface area contributed by atoms with Crippen molar-refractivity contribution in [2.45, 2.75) is 32.7 Å². The first kappa shape index (κ1) is 12.0. The monoisotopic (exact) mass is 213 g/mol. The highest BCUT2D eigenvalue weighted by molar-refractivity contribution is 5.84. The number of hydrogen-bond donors (Lipinski definition) is 3. The molecule has 15 heavy (non-hydrogen) atoms. The second-order valence-electron chi connectivity index (χ2n) is 4.53. The van der Waals surface area contributed by atoms with Crippen LogP contribution in [0, 0.1) is 5.41 Å². The van der Waals surface area contributed by atoms with Crippen molar-refractivity contribution in [1.82, 2.24) is 10.6 Å². The highest BCUT2D eigenvalue weighted by atomic mass is 16.2. The molecule has 0 aromatic heterocycles. The van der Waals surface area contributed by atoms with Gasteiger partial charge in [-0.25, -0.2) is 0 Å². The van der Waals surface area contributed by atoms with Gasteiger partial charge >= 0.3 is 0 Å². The third-order valence-electron chi connectivity index (χ3n) is 2.80. The van der Waals surface area contributed by atoms with E-state index in [-0.39, 0.29) is 23.8 Å². The minimum atomic E-state index is -0.391. The maximum Gasteiger partial charge on any atom is 0.227 e. The predicted octanol–water partition coefficient (Wildman–Crippen LogP) is -0.634. The molecular weight excluding hydrogens is 194 g/mol. The lowest BCUT2D eigenvalue weighted by Gasteiger charge is -2.24. The molecule has 5 nitrogen and oxygen atoms in total. The highest BCUT2D eigenvalue weighted by Crippen LogP contribution is 2.24. The van der Waals surface area contributed by atoms with Crippen LogP contribution in [-0.2, 0) is 9.59 Å². The van der Waals surface area contributed by atoms with Gasteiger partial charge in [0.1, 0.15) is 0 Å². The van der Waals surface area contributed by atoms with Crippen molar-refractivity contribution < 1.29 is 9.59 Å². The number of hydrogen-bond acceptors (Lipinski definition) is 3. The summed E-state index contributed by atoms with van der Waals surface area (Å²) in [6.45, 7) is 5.28. The summed E-state index contributed by atoms with van der Waals surface area (Å²) < 4.78 is 0. The van der Waals surface area contributed by atoms with E-state index in [9.17, 15) is 9.59 Å². The van der Waals surface area contributed by atoms with E-state index >= 15 is 0 Å². The van der Waals surface area contributed by atoms with E-state index in [2.05, 4.69) is 10.6 Å². The maximum absolute atomic E-state index is 11.9. The Morgan fingerprint density at radius 3 is 2.73 bits per heavy atom. The summed E-state index contributed by atoms with van der Waals surface area (Å²) in [7, 11) is 0. The fourth-order valence-electron chi connectivity index (χ4n) is 1.76. The second kappa shape index (κ2) is 4.61. The Labute approximate surface area is 89.8 Å². The first-order valence-electron chi connectivity index (χ1n) is 5.24. The fraction of sp³-hybridized carbons (Fsp3) is 0.800. The predicted molar refractivity (Wildman–Crippen MR) is 57.0 cm³/mol. The molecule has 1 heterocycles. The van der Waals surface area contributed by atoms with Gasteiger partial charge in [0.15, 0.2) is 0 Å². The maximum atomic E-state index is 11.9. The molecule has 1 fully saturated rings.